The molecule has 0 radical (unpaired) electrons. The van der Waals surface area contributed by atoms with Crippen LogP contribution in [0.2, 0.25) is 0 Å². The van der Waals surface area contributed by atoms with Crippen molar-refractivity contribution in [3.05, 3.63) is 97.1 Å². The molecule has 55 heavy (non-hydrogen) atoms. The molecule has 0 aromatic heterocycles. The largest absolute Gasteiger partial charge is 0.455 e. The molecule has 0 aliphatic carbocycles. The highest BCUT2D eigenvalue weighted by Crippen LogP contribution is 2.60. The van der Waals surface area contributed by atoms with Crippen LogP contribution in [0.4, 0.5) is 0 Å². The van der Waals surface area contributed by atoms with Gasteiger partial charge in [-0.1, -0.05) is 72.8 Å². The van der Waals surface area contributed by atoms with E-state index in [1.54, 1.807) is 17.1 Å². The summed E-state index contributed by atoms with van der Waals surface area (Å²) in [4.78, 5) is 63.1. The molecule has 2 aromatic carbocycles. The summed E-state index contributed by atoms with van der Waals surface area (Å²) in [5.74, 6) is -3.77. The van der Waals surface area contributed by atoms with Gasteiger partial charge in [-0.2, -0.15) is 0 Å². The lowest BCUT2D eigenvalue weighted by Crippen LogP contribution is -2.58. The van der Waals surface area contributed by atoms with E-state index >= 15 is 9.59 Å². The zero-order valence-corrected chi connectivity index (χ0v) is 31.6. The third-order valence-electron chi connectivity index (χ3n) is 11.4. The molecule has 296 valence electrons. The van der Waals surface area contributed by atoms with Gasteiger partial charge in [-0.3, -0.25) is 24.1 Å². The number of carbonyl (C=O) groups excluding carboxylic acids is 4. The van der Waals surface area contributed by atoms with E-state index < -0.39 is 66.3 Å². The van der Waals surface area contributed by atoms with E-state index in [1.165, 1.54) is 12.0 Å². The molecule has 4 fully saturated rings. The number of amides is 3. The van der Waals surface area contributed by atoms with Gasteiger partial charge in [-0.15, -0.1) is 13.2 Å². The highest BCUT2D eigenvalue weighted by atomic mass is 16.6. The zero-order chi connectivity index (χ0) is 39.0. The first-order chi connectivity index (χ1) is 26.8. The number of hydrogen-bond acceptors (Lipinski definition) is 10. The summed E-state index contributed by atoms with van der Waals surface area (Å²) < 4.78 is 24.1. The molecule has 3 amide bonds. The summed E-state index contributed by atoms with van der Waals surface area (Å²) in [6, 6.07) is 15.5. The van der Waals surface area contributed by atoms with Gasteiger partial charge in [0, 0.05) is 46.3 Å². The lowest BCUT2D eigenvalue weighted by Gasteiger charge is -2.40. The Morgan fingerprint density at radius 1 is 1.05 bits per heavy atom. The highest BCUT2D eigenvalue weighted by Gasteiger charge is 2.76. The molecule has 13 nitrogen and oxygen atoms in total. The second-order valence-electron chi connectivity index (χ2n) is 14.7. The number of methoxy groups -OCH3 is 1. The summed E-state index contributed by atoms with van der Waals surface area (Å²) in [5.41, 5.74) is -0.0441. The fourth-order valence-corrected chi connectivity index (χ4v) is 8.84. The number of nitrogens with zero attached hydrogens (tertiary/aromatic N) is 3. The minimum Gasteiger partial charge on any atom is -0.455 e. The maximum absolute atomic E-state index is 15.0. The first-order valence-electron chi connectivity index (χ1n) is 19.3. The number of likely N-dealkylation sites (tertiary alicyclic amines) is 1. The third-order valence-corrected chi connectivity index (χ3v) is 11.4. The zero-order valence-electron chi connectivity index (χ0n) is 31.6. The van der Waals surface area contributed by atoms with Crippen molar-refractivity contribution >= 4 is 23.7 Å². The fraction of sp³-hybridized carbons (Fsp3) is 0.524. The number of aliphatic hydroxyl groups excluding tert-OH is 1. The van der Waals surface area contributed by atoms with Gasteiger partial charge in [0.25, 0.3) is 0 Å². The lowest BCUT2D eigenvalue weighted by molar-refractivity contribution is -0.163. The number of benzene rings is 2. The Labute approximate surface area is 323 Å². The standard InChI is InChI=1S/C42H54N4O9/c1-4-6-17-34(48)43-31(28-52-3)37(30-15-11-8-12-16-30)54-41(51)35-33-18-19-42(55-33)36(35)39(49)46(32(27-47)29-13-9-7-10-14-29)38(42)40(50)45(20-5-2)22-21-44-23-25-53-26-24-44/h4-5,7-16,31-33,35-38,47H,1-2,6,17-28H2,3H3,(H,43,48)/t31-,32+,33+,35-,36-,37-,38+,42-/m0/s1. The summed E-state index contributed by atoms with van der Waals surface area (Å²) in [5, 5.41) is 13.9. The number of rotatable bonds is 19. The van der Waals surface area contributed by atoms with Crippen LogP contribution in [0.1, 0.15) is 49.0 Å². The van der Waals surface area contributed by atoms with Crippen LogP contribution in [-0.4, -0.2) is 134 Å². The van der Waals surface area contributed by atoms with Gasteiger partial charge in [0.15, 0.2) is 0 Å². The third kappa shape index (κ3) is 8.41. The van der Waals surface area contributed by atoms with E-state index in [2.05, 4.69) is 23.4 Å². The number of esters is 1. The van der Waals surface area contributed by atoms with Crippen molar-refractivity contribution in [1.82, 2.24) is 20.0 Å². The number of carbonyl (C=O) groups is 4. The fourth-order valence-electron chi connectivity index (χ4n) is 8.84. The van der Waals surface area contributed by atoms with Crippen LogP contribution >= 0.6 is 0 Å². The number of allylic oxidation sites excluding steroid dienone is 1. The maximum atomic E-state index is 15.0. The molecule has 2 N–H and O–H groups in total. The Hall–Kier alpha value is -4.40. The predicted molar refractivity (Wildman–Crippen MR) is 203 cm³/mol. The minimum atomic E-state index is -1.34. The SMILES string of the molecule is C=CCCC(=O)N[C@@H](COC)[C@@H](OC(=O)[C@@H]1[C@H]2C(=O)N([C@H](CO)c3ccccc3)[C@H](C(=O)N(CC=C)CCN3CCOCC3)[C@]23CC[C@H]1O3)c1ccccc1. The van der Waals surface area contributed by atoms with Gasteiger partial charge in [0.05, 0.1) is 56.5 Å². The molecule has 0 unspecified atom stereocenters. The molecule has 4 saturated heterocycles. The van der Waals surface area contributed by atoms with Gasteiger partial charge in [-0.25, -0.2) is 0 Å². The van der Waals surface area contributed by atoms with E-state index in [4.69, 9.17) is 18.9 Å². The molecule has 8 atom stereocenters. The van der Waals surface area contributed by atoms with Crippen LogP contribution < -0.4 is 5.32 Å². The molecule has 2 aromatic rings. The number of nitrogens with one attached hydrogen (secondary N) is 1. The summed E-state index contributed by atoms with van der Waals surface area (Å²) in [6.07, 6.45) is 3.16. The lowest BCUT2D eigenvalue weighted by atomic mass is 9.70. The average Bonchev–Trinajstić information content (AvgIpc) is 3.86. The number of morpholine rings is 1. The van der Waals surface area contributed by atoms with Crippen molar-refractivity contribution in [1.29, 1.82) is 0 Å². The highest BCUT2D eigenvalue weighted by molar-refractivity contribution is 5.98. The summed E-state index contributed by atoms with van der Waals surface area (Å²) in [6.45, 7) is 11.2. The number of ether oxygens (including phenoxy) is 4. The Morgan fingerprint density at radius 2 is 1.75 bits per heavy atom. The summed E-state index contributed by atoms with van der Waals surface area (Å²) in [7, 11) is 1.50. The maximum Gasteiger partial charge on any atom is 0.313 e. The quantitative estimate of drug-likeness (QED) is 0.162. The minimum absolute atomic E-state index is 0.0484. The van der Waals surface area contributed by atoms with Crippen LogP contribution in [-0.2, 0) is 38.1 Å². The van der Waals surface area contributed by atoms with Crippen LogP contribution in [0, 0.1) is 11.8 Å². The molecule has 1 spiro atoms. The van der Waals surface area contributed by atoms with Gasteiger partial charge >= 0.3 is 5.97 Å². The second kappa shape index (κ2) is 18.5. The number of hydrogen-bond donors (Lipinski definition) is 2. The molecule has 4 heterocycles. The van der Waals surface area contributed by atoms with Gasteiger partial charge < -0.3 is 39.2 Å². The monoisotopic (exact) mass is 758 g/mol. The van der Waals surface area contributed by atoms with Crippen molar-refractivity contribution in [2.75, 3.05) is 66.3 Å². The predicted octanol–water partition coefficient (Wildman–Crippen LogP) is 2.82. The smallest absolute Gasteiger partial charge is 0.313 e. The first kappa shape index (κ1) is 40.3. The van der Waals surface area contributed by atoms with Crippen LogP contribution in [0.3, 0.4) is 0 Å². The van der Waals surface area contributed by atoms with Crippen molar-refractivity contribution in [2.45, 2.75) is 61.6 Å². The van der Waals surface area contributed by atoms with E-state index in [9.17, 15) is 14.7 Å². The normalized spacial score (nSPS) is 26.1. The molecule has 0 saturated carbocycles. The van der Waals surface area contributed by atoms with Crippen LogP contribution in [0.15, 0.2) is 86.0 Å². The summed E-state index contributed by atoms with van der Waals surface area (Å²) >= 11 is 0. The van der Waals surface area contributed by atoms with E-state index in [0.717, 1.165) is 13.1 Å². The Kier molecular flexibility index (Phi) is 13.5. The van der Waals surface area contributed by atoms with Crippen molar-refractivity contribution < 1.29 is 43.2 Å². The van der Waals surface area contributed by atoms with Crippen molar-refractivity contribution in [3.63, 3.8) is 0 Å². The average molecular weight is 759 g/mol. The molecule has 4 aliphatic heterocycles. The number of fused-ring (bicyclic) bond motifs is 1. The Balaban J connectivity index is 1.35. The van der Waals surface area contributed by atoms with Crippen molar-refractivity contribution in [2.24, 2.45) is 11.8 Å². The molecule has 2 bridgehead atoms. The Morgan fingerprint density at radius 3 is 2.38 bits per heavy atom. The van der Waals surface area contributed by atoms with Gasteiger partial charge in [0.2, 0.25) is 17.7 Å². The topological polar surface area (TPSA) is 147 Å². The van der Waals surface area contributed by atoms with E-state index in [-0.39, 0.29) is 31.4 Å². The molecular weight excluding hydrogens is 704 g/mol. The van der Waals surface area contributed by atoms with Gasteiger partial charge in [-0.05, 0) is 30.4 Å². The van der Waals surface area contributed by atoms with Crippen LogP contribution in [0.25, 0.3) is 0 Å². The van der Waals surface area contributed by atoms with Crippen LogP contribution in [0.5, 0.6) is 0 Å². The number of aliphatic hydroxyl groups is 1. The van der Waals surface area contributed by atoms with E-state index in [0.29, 0.717) is 56.7 Å². The van der Waals surface area contributed by atoms with E-state index in [1.807, 2.05) is 60.7 Å². The molecule has 4 aliphatic rings. The van der Waals surface area contributed by atoms with Gasteiger partial charge in [0.1, 0.15) is 17.7 Å². The van der Waals surface area contributed by atoms with Crippen molar-refractivity contribution in [3.8, 4) is 0 Å². The molecule has 6 rings (SSSR count). The second-order valence-corrected chi connectivity index (χ2v) is 14.7. The molecular formula is C42H54N4O9. The first-order valence-corrected chi connectivity index (χ1v) is 19.3. The Bertz CT molecular complexity index is 1650. The molecule has 13 heteroatoms.